The summed E-state index contributed by atoms with van der Waals surface area (Å²) in [4.78, 5) is 5.26. The van der Waals surface area contributed by atoms with E-state index < -0.39 is 0 Å². The zero-order valence-electron chi connectivity index (χ0n) is 6.48. The van der Waals surface area contributed by atoms with Gasteiger partial charge in [-0.15, -0.1) is 0 Å². The zero-order valence-corrected chi connectivity index (χ0v) is 6.48. The van der Waals surface area contributed by atoms with Crippen molar-refractivity contribution in [2.24, 2.45) is 11.0 Å². The van der Waals surface area contributed by atoms with Crippen molar-refractivity contribution in [3.63, 3.8) is 0 Å². The predicted molar refractivity (Wildman–Crippen MR) is 48.8 cm³/mol. The molecule has 0 saturated carbocycles. The number of fused-ring (bicyclic) bond motifs is 3. The summed E-state index contributed by atoms with van der Waals surface area (Å²) < 4.78 is 0. The van der Waals surface area contributed by atoms with Gasteiger partial charge in [-0.05, 0) is 37.4 Å². The predicted octanol–water partition coefficient (Wildman–Crippen LogP) is 2.03. The topological polar surface area (TPSA) is 52.0 Å². The maximum absolute atomic E-state index is 8.29. The minimum Gasteiger partial charge on any atom is -0.303 e. The number of azide groups is 1. The van der Waals surface area contributed by atoms with Gasteiger partial charge in [0.25, 0.3) is 0 Å². The van der Waals surface area contributed by atoms with Crippen LogP contribution in [0.15, 0.2) is 5.11 Å². The Morgan fingerprint density at radius 3 is 2.42 bits per heavy atom. The molecule has 3 aliphatic heterocycles. The van der Waals surface area contributed by atoms with E-state index in [4.69, 9.17) is 5.53 Å². The van der Waals surface area contributed by atoms with E-state index in [-0.39, 0.29) is 13.5 Å². The number of hydrogen-bond acceptors (Lipinski definition) is 2. The highest BCUT2D eigenvalue weighted by Gasteiger charge is 2.33. The van der Waals surface area contributed by atoms with Crippen molar-refractivity contribution >= 4 is 0 Å². The maximum atomic E-state index is 8.29. The Balaban J connectivity index is 0.000000720. The molecule has 2 bridgehead atoms. The summed E-state index contributed by atoms with van der Waals surface area (Å²) in [7, 11) is 0. The SMILES string of the molecule is C.[N-]=[N+]=N[C@@H]1CN2CCC1CC2. The molecule has 3 saturated heterocycles. The molecule has 12 heavy (non-hydrogen) atoms. The lowest BCUT2D eigenvalue weighted by atomic mass is 9.85. The molecule has 0 spiro atoms. The van der Waals surface area contributed by atoms with Crippen molar-refractivity contribution in [3.8, 4) is 0 Å². The van der Waals surface area contributed by atoms with Gasteiger partial charge in [-0.25, -0.2) is 0 Å². The molecule has 1 atom stereocenters. The number of hydrogen-bond donors (Lipinski definition) is 0. The first-order valence-electron chi connectivity index (χ1n) is 4.16. The van der Waals surface area contributed by atoms with E-state index in [1.165, 1.54) is 25.9 Å². The molecule has 3 rings (SSSR count). The molecular weight excluding hydrogens is 152 g/mol. The third-order valence-electron chi connectivity index (χ3n) is 2.82. The summed E-state index contributed by atoms with van der Waals surface area (Å²) in [6.07, 6.45) is 2.45. The highest BCUT2D eigenvalue weighted by molar-refractivity contribution is 4.90. The molecule has 0 radical (unpaired) electrons. The van der Waals surface area contributed by atoms with E-state index in [0.717, 1.165) is 6.54 Å². The van der Waals surface area contributed by atoms with E-state index in [0.29, 0.717) is 5.92 Å². The minimum atomic E-state index is 0. The van der Waals surface area contributed by atoms with E-state index in [1.807, 2.05) is 0 Å². The number of piperidine rings is 3. The zero-order chi connectivity index (χ0) is 7.68. The van der Waals surface area contributed by atoms with Crippen LogP contribution < -0.4 is 0 Å². The van der Waals surface area contributed by atoms with Crippen LogP contribution in [0.2, 0.25) is 0 Å². The molecule has 0 amide bonds. The molecule has 0 unspecified atom stereocenters. The lowest BCUT2D eigenvalue weighted by molar-refractivity contribution is 0.0898. The van der Waals surface area contributed by atoms with E-state index in [1.54, 1.807) is 0 Å². The Morgan fingerprint density at radius 1 is 1.33 bits per heavy atom. The molecule has 4 nitrogen and oxygen atoms in total. The van der Waals surface area contributed by atoms with Gasteiger partial charge in [0.1, 0.15) is 0 Å². The second kappa shape index (κ2) is 3.78. The largest absolute Gasteiger partial charge is 0.303 e. The van der Waals surface area contributed by atoms with Gasteiger partial charge in [0, 0.05) is 11.5 Å². The molecule has 4 heteroatoms. The molecule has 3 aliphatic rings. The first-order chi connectivity index (χ1) is 5.40. The van der Waals surface area contributed by atoms with Crippen molar-refractivity contribution < 1.29 is 0 Å². The Hall–Kier alpha value is -0.730. The van der Waals surface area contributed by atoms with Crippen molar-refractivity contribution in [1.29, 1.82) is 0 Å². The quantitative estimate of drug-likeness (QED) is 0.336. The van der Waals surface area contributed by atoms with Crippen LogP contribution >= 0.6 is 0 Å². The van der Waals surface area contributed by atoms with Gasteiger partial charge in [0.15, 0.2) is 0 Å². The molecule has 3 fully saturated rings. The first-order valence-corrected chi connectivity index (χ1v) is 4.16. The first kappa shape index (κ1) is 9.36. The monoisotopic (exact) mass is 168 g/mol. The molecule has 0 N–H and O–H groups in total. The number of nitrogens with zero attached hydrogens (tertiary/aromatic N) is 4. The molecule has 0 aromatic heterocycles. The fourth-order valence-corrected chi connectivity index (χ4v) is 2.13. The van der Waals surface area contributed by atoms with Crippen LogP contribution in [0.4, 0.5) is 0 Å². The summed E-state index contributed by atoms with van der Waals surface area (Å²) in [5.41, 5.74) is 8.29. The molecule has 68 valence electrons. The van der Waals surface area contributed by atoms with Crippen molar-refractivity contribution in [2.75, 3.05) is 19.6 Å². The van der Waals surface area contributed by atoms with Gasteiger partial charge in [-0.3, -0.25) is 0 Å². The fraction of sp³-hybridized carbons (Fsp3) is 1.00. The van der Waals surface area contributed by atoms with Gasteiger partial charge in [0.05, 0.1) is 6.04 Å². The second-order valence-corrected chi connectivity index (χ2v) is 3.41. The summed E-state index contributed by atoms with van der Waals surface area (Å²) in [6.45, 7) is 3.42. The Kier molecular flexibility index (Phi) is 2.95. The van der Waals surface area contributed by atoms with Gasteiger partial charge < -0.3 is 4.90 Å². The standard InChI is InChI=1S/C7H12N4.CH4/c8-10-9-7-5-11-3-1-6(7)2-4-11;/h6-7H,1-5H2;1H4/t7-;/m1./s1. The van der Waals surface area contributed by atoms with Crippen LogP contribution in [0.5, 0.6) is 0 Å². The lowest BCUT2D eigenvalue weighted by Gasteiger charge is -2.42. The smallest absolute Gasteiger partial charge is 0.0530 e. The molecule has 0 aromatic carbocycles. The van der Waals surface area contributed by atoms with Crippen LogP contribution in [-0.2, 0) is 0 Å². The second-order valence-electron chi connectivity index (χ2n) is 3.41. The van der Waals surface area contributed by atoms with E-state index >= 15 is 0 Å². The lowest BCUT2D eigenvalue weighted by Crippen LogP contribution is -2.49. The van der Waals surface area contributed by atoms with Crippen LogP contribution in [0.25, 0.3) is 10.4 Å². The highest BCUT2D eigenvalue weighted by atomic mass is 15.2. The Morgan fingerprint density at radius 2 is 2.00 bits per heavy atom. The molecule has 0 aliphatic carbocycles. The normalized spacial score (nSPS) is 38.2. The van der Waals surface area contributed by atoms with Gasteiger partial charge in [-0.1, -0.05) is 12.5 Å². The summed E-state index contributed by atoms with van der Waals surface area (Å²) in [5.74, 6) is 0.677. The van der Waals surface area contributed by atoms with Crippen LogP contribution in [-0.4, -0.2) is 30.6 Å². The Labute approximate surface area is 73.2 Å². The van der Waals surface area contributed by atoms with Crippen molar-refractivity contribution in [3.05, 3.63) is 10.4 Å². The fourth-order valence-electron chi connectivity index (χ4n) is 2.13. The molecular formula is C8H16N4. The van der Waals surface area contributed by atoms with Crippen LogP contribution in [0.1, 0.15) is 20.3 Å². The highest BCUT2D eigenvalue weighted by Crippen LogP contribution is 2.29. The average molecular weight is 168 g/mol. The average Bonchev–Trinajstić information content (AvgIpc) is 2.07. The van der Waals surface area contributed by atoms with Crippen LogP contribution in [0, 0.1) is 5.92 Å². The third-order valence-corrected chi connectivity index (χ3v) is 2.82. The minimum absolute atomic E-state index is 0. The van der Waals surface area contributed by atoms with Gasteiger partial charge in [-0.2, -0.15) is 0 Å². The van der Waals surface area contributed by atoms with E-state index in [2.05, 4.69) is 14.9 Å². The Bertz CT molecular complexity index is 189. The van der Waals surface area contributed by atoms with Crippen molar-refractivity contribution in [2.45, 2.75) is 26.3 Å². The molecule has 0 aromatic rings. The number of rotatable bonds is 1. The van der Waals surface area contributed by atoms with Gasteiger partial charge in [0.2, 0.25) is 0 Å². The van der Waals surface area contributed by atoms with Crippen LogP contribution in [0.3, 0.4) is 0 Å². The summed E-state index contributed by atoms with van der Waals surface area (Å²) in [6, 6.07) is 0.266. The summed E-state index contributed by atoms with van der Waals surface area (Å²) >= 11 is 0. The van der Waals surface area contributed by atoms with Gasteiger partial charge >= 0.3 is 0 Å². The third kappa shape index (κ3) is 1.54. The summed E-state index contributed by atoms with van der Waals surface area (Å²) in [5, 5.41) is 3.81. The maximum Gasteiger partial charge on any atom is 0.0530 e. The van der Waals surface area contributed by atoms with Crippen molar-refractivity contribution in [1.82, 2.24) is 4.90 Å². The molecule has 3 heterocycles. The van der Waals surface area contributed by atoms with E-state index in [9.17, 15) is 0 Å².